The zero-order chi connectivity index (χ0) is 22.4. The van der Waals surface area contributed by atoms with E-state index < -0.39 is 11.7 Å². The molecular formula is C27H30FNO3. The van der Waals surface area contributed by atoms with Gasteiger partial charge in [-0.3, -0.25) is 0 Å². The molecule has 0 aliphatic carbocycles. The van der Waals surface area contributed by atoms with E-state index in [1.54, 1.807) is 12.1 Å². The molecule has 5 heteroatoms. The Hall–Kier alpha value is -2.73. The number of likely N-dealkylation sites (tertiary alicyclic amines) is 1. The largest absolute Gasteiger partial charge is 0.491 e. The zero-order valence-corrected chi connectivity index (χ0v) is 18.1. The lowest BCUT2D eigenvalue weighted by atomic mass is 9.72. The van der Waals surface area contributed by atoms with Gasteiger partial charge < -0.3 is 19.8 Å². The molecule has 1 fully saturated rings. The molecule has 1 heterocycles. The van der Waals surface area contributed by atoms with E-state index in [0.717, 1.165) is 37.1 Å². The summed E-state index contributed by atoms with van der Waals surface area (Å²) in [6.07, 6.45) is 0.965. The smallest absolute Gasteiger partial charge is 0.126 e. The molecule has 1 aliphatic heterocycles. The van der Waals surface area contributed by atoms with E-state index in [1.807, 2.05) is 60.7 Å². The van der Waals surface area contributed by atoms with E-state index in [0.29, 0.717) is 12.3 Å². The van der Waals surface area contributed by atoms with Crippen LogP contribution in [0.25, 0.3) is 0 Å². The van der Waals surface area contributed by atoms with Crippen molar-refractivity contribution in [1.29, 1.82) is 0 Å². The first-order valence-corrected chi connectivity index (χ1v) is 11.2. The highest BCUT2D eigenvalue weighted by Crippen LogP contribution is 2.41. The van der Waals surface area contributed by atoms with Gasteiger partial charge in [0.05, 0.1) is 0 Å². The summed E-state index contributed by atoms with van der Waals surface area (Å²) in [6.45, 7) is 2.16. The first-order chi connectivity index (χ1) is 15.6. The van der Waals surface area contributed by atoms with Crippen LogP contribution in [0.1, 0.15) is 24.0 Å². The van der Waals surface area contributed by atoms with Crippen LogP contribution in [0.4, 0.5) is 4.39 Å². The van der Waals surface area contributed by atoms with Crippen molar-refractivity contribution in [3.8, 4) is 5.75 Å². The van der Waals surface area contributed by atoms with E-state index in [9.17, 15) is 14.6 Å². The fraction of sp³-hybridized carbons (Fsp3) is 0.333. The molecule has 1 saturated heterocycles. The monoisotopic (exact) mass is 435 g/mol. The number of halogens is 1. The van der Waals surface area contributed by atoms with E-state index >= 15 is 0 Å². The Balaban J connectivity index is 1.37. The van der Waals surface area contributed by atoms with Crippen LogP contribution in [0, 0.1) is 11.7 Å². The highest BCUT2D eigenvalue weighted by Gasteiger charge is 2.41. The van der Waals surface area contributed by atoms with Crippen LogP contribution in [-0.4, -0.2) is 47.5 Å². The second-order valence-electron chi connectivity index (χ2n) is 8.50. The average Bonchev–Trinajstić information content (AvgIpc) is 2.84. The van der Waals surface area contributed by atoms with Gasteiger partial charge in [-0.25, -0.2) is 4.39 Å². The molecule has 0 bridgehead atoms. The van der Waals surface area contributed by atoms with Crippen LogP contribution in [0.3, 0.4) is 0 Å². The van der Waals surface area contributed by atoms with Gasteiger partial charge in [0.15, 0.2) is 0 Å². The van der Waals surface area contributed by atoms with Gasteiger partial charge in [-0.1, -0.05) is 66.7 Å². The summed E-state index contributed by atoms with van der Waals surface area (Å²) < 4.78 is 18.8. The number of benzene rings is 3. The van der Waals surface area contributed by atoms with Crippen LogP contribution in [0.15, 0.2) is 84.9 Å². The lowest BCUT2D eigenvalue weighted by Crippen LogP contribution is -2.46. The number of hydrogen-bond donors (Lipinski definition) is 2. The lowest BCUT2D eigenvalue weighted by molar-refractivity contribution is -0.0222. The van der Waals surface area contributed by atoms with Gasteiger partial charge in [0.2, 0.25) is 0 Å². The second kappa shape index (κ2) is 10.3. The van der Waals surface area contributed by atoms with Crippen LogP contribution < -0.4 is 4.74 Å². The summed E-state index contributed by atoms with van der Waals surface area (Å²) in [5.74, 6) is 0.131. The molecule has 1 aliphatic rings. The Bertz CT molecular complexity index is 935. The number of hydrogen-bond acceptors (Lipinski definition) is 4. The molecule has 0 radical (unpaired) electrons. The average molecular weight is 436 g/mol. The maximum atomic E-state index is 13.3. The summed E-state index contributed by atoms with van der Waals surface area (Å²) in [5.41, 5.74) is 0.773. The van der Waals surface area contributed by atoms with Crippen molar-refractivity contribution in [3.05, 3.63) is 102 Å². The number of rotatable bonds is 8. The molecule has 0 spiro atoms. The number of ether oxygens (including phenoxy) is 1. The topological polar surface area (TPSA) is 52.9 Å². The molecule has 168 valence electrons. The van der Waals surface area contributed by atoms with Gasteiger partial charge in [0.25, 0.3) is 0 Å². The highest BCUT2D eigenvalue weighted by atomic mass is 19.1. The predicted molar refractivity (Wildman–Crippen MR) is 123 cm³/mol. The Morgan fingerprint density at radius 2 is 1.50 bits per heavy atom. The van der Waals surface area contributed by atoms with Crippen molar-refractivity contribution < 1.29 is 19.3 Å². The first-order valence-electron chi connectivity index (χ1n) is 11.2. The minimum Gasteiger partial charge on any atom is -0.491 e. The second-order valence-corrected chi connectivity index (χ2v) is 8.50. The Morgan fingerprint density at radius 3 is 2.06 bits per heavy atom. The normalized spacial score (nSPS) is 16.6. The number of nitrogens with zero attached hydrogens (tertiary/aromatic N) is 1. The fourth-order valence-electron chi connectivity index (χ4n) is 4.66. The van der Waals surface area contributed by atoms with Gasteiger partial charge in [-0.05, 0) is 55.1 Å². The molecule has 3 aromatic carbocycles. The number of β-amino-alcohol motifs (C(OH)–C–C–N with tert-alkyl or cyclic N) is 1. The maximum Gasteiger partial charge on any atom is 0.126 e. The molecular weight excluding hydrogens is 405 g/mol. The van der Waals surface area contributed by atoms with E-state index in [4.69, 9.17) is 4.74 Å². The van der Waals surface area contributed by atoms with Gasteiger partial charge in [0, 0.05) is 12.6 Å². The van der Waals surface area contributed by atoms with Crippen molar-refractivity contribution in [3.63, 3.8) is 0 Å². The Kier molecular flexibility index (Phi) is 7.20. The fourth-order valence-corrected chi connectivity index (χ4v) is 4.66. The zero-order valence-electron chi connectivity index (χ0n) is 18.1. The molecule has 0 saturated carbocycles. The Morgan fingerprint density at radius 1 is 0.906 bits per heavy atom. The molecule has 2 N–H and O–H groups in total. The summed E-state index contributed by atoms with van der Waals surface area (Å²) >= 11 is 0. The third kappa shape index (κ3) is 5.18. The van der Waals surface area contributed by atoms with E-state index in [2.05, 4.69) is 4.90 Å². The third-order valence-corrected chi connectivity index (χ3v) is 6.31. The molecule has 1 atom stereocenters. The van der Waals surface area contributed by atoms with Crippen LogP contribution in [0.2, 0.25) is 0 Å². The Labute approximate surface area is 188 Å². The minimum atomic E-state index is -1.05. The van der Waals surface area contributed by atoms with Crippen LogP contribution in [0.5, 0.6) is 5.75 Å². The number of aliphatic hydroxyl groups excluding tert-OH is 1. The van der Waals surface area contributed by atoms with Gasteiger partial charge in [0.1, 0.15) is 29.9 Å². The molecule has 0 aromatic heterocycles. The molecule has 4 nitrogen and oxygen atoms in total. The van der Waals surface area contributed by atoms with Crippen molar-refractivity contribution in [2.24, 2.45) is 5.92 Å². The molecule has 0 amide bonds. The first kappa shape index (κ1) is 22.5. The van der Waals surface area contributed by atoms with Gasteiger partial charge in [-0.2, -0.15) is 0 Å². The molecule has 4 rings (SSSR count). The van der Waals surface area contributed by atoms with E-state index in [1.165, 1.54) is 12.1 Å². The summed E-state index contributed by atoms with van der Waals surface area (Å²) in [7, 11) is 0. The van der Waals surface area contributed by atoms with E-state index in [-0.39, 0.29) is 18.3 Å². The molecule has 0 unspecified atom stereocenters. The third-order valence-electron chi connectivity index (χ3n) is 6.31. The SMILES string of the molecule is O[C@H](COc1cccc(F)c1)CN1CCC(C(O)(c2ccccc2)c2ccccc2)CC1. The number of piperidine rings is 1. The minimum absolute atomic E-state index is 0.0734. The van der Waals surface area contributed by atoms with Crippen LogP contribution >= 0.6 is 0 Å². The van der Waals surface area contributed by atoms with Crippen molar-refractivity contribution in [2.75, 3.05) is 26.2 Å². The van der Waals surface area contributed by atoms with Crippen molar-refractivity contribution in [1.82, 2.24) is 4.90 Å². The molecule has 32 heavy (non-hydrogen) atoms. The maximum absolute atomic E-state index is 13.3. The summed E-state index contributed by atoms with van der Waals surface area (Å²) in [4.78, 5) is 2.20. The number of aliphatic hydroxyl groups is 2. The highest BCUT2D eigenvalue weighted by molar-refractivity contribution is 5.37. The quantitative estimate of drug-likeness (QED) is 0.557. The molecule has 3 aromatic rings. The van der Waals surface area contributed by atoms with Crippen LogP contribution in [-0.2, 0) is 5.60 Å². The lowest BCUT2D eigenvalue weighted by Gasteiger charge is -2.42. The summed E-state index contributed by atoms with van der Waals surface area (Å²) in [6, 6.07) is 25.7. The standard InChI is InChI=1S/C27H30FNO3/c28-24-12-7-13-26(18-24)32-20-25(30)19-29-16-14-23(15-17-29)27(31,21-8-3-1-4-9-21)22-10-5-2-6-11-22/h1-13,18,23,25,30-31H,14-17,19-20H2/t25-/m0/s1. The van der Waals surface area contributed by atoms with Crippen molar-refractivity contribution >= 4 is 0 Å². The van der Waals surface area contributed by atoms with Gasteiger partial charge in [-0.15, -0.1) is 0 Å². The van der Waals surface area contributed by atoms with Gasteiger partial charge >= 0.3 is 0 Å². The van der Waals surface area contributed by atoms with Crippen molar-refractivity contribution in [2.45, 2.75) is 24.5 Å². The predicted octanol–water partition coefficient (Wildman–Crippen LogP) is 4.21. The summed E-state index contributed by atoms with van der Waals surface area (Å²) in [5, 5.41) is 22.4.